The van der Waals surface area contributed by atoms with Crippen molar-refractivity contribution in [2.75, 3.05) is 19.7 Å². The predicted octanol–water partition coefficient (Wildman–Crippen LogP) is 1.96. The number of hydrogen-bond donors (Lipinski definition) is 1. The Morgan fingerprint density at radius 2 is 2.18 bits per heavy atom. The first-order valence-electron chi connectivity index (χ1n) is 7.12. The van der Waals surface area contributed by atoms with Gasteiger partial charge in [0.1, 0.15) is 0 Å². The number of rotatable bonds is 3. The van der Waals surface area contributed by atoms with Crippen LogP contribution in [0.4, 0.5) is 0 Å². The fourth-order valence-electron chi connectivity index (χ4n) is 3.78. The number of morpholine rings is 1. The molecule has 3 rings (SSSR count). The van der Waals surface area contributed by atoms with Crippen molar-refractivity contribution in [1.82, 2.24) is 5.32 Å². The first-order chi connectivity index (χ1) is 8.12. The largest absolute Gasteiger partial charge is 0.375 e. The van der Waals surface area contributed by atoms with Crippen molar-refractivity contribution in [3.8, 4) is 0 Å². The van der Waals surface area contributed by atoms with Crippen LogP contribution in [-0.4, -0.2) is 37.5 Å². The topological polar surface area (TPSA) is 30.5 Å². The van der Waals surface area contributed by atoms with E-state index in [4.69, 9.17) is 9.47 Å². The summed E-state index contributed by atoms with van der Waals surface area (Å²) in [7, 11) is 0. The third-order valence-electron chi connectivity index (χ3n) is 4.58. The fraction of sp³-hybridized carbons (Fsp3) is 1.00. The molecule has 4 unspecified atom stereocenters. The van der Waals surface area contributed by atoms with Crippen molar-refractivity contribution < 1.29 is 9.47 Å². The molecule has 0 amide bonds. The highest BCUT2D eigenvalue weighted by molar-refractivity contribution is 4.91. The normalized spacial score (nSPS) is 44.1. The summed E-state index contributed by atoms with van der Waals surface area (Å²) < 4.78 is 12.1. The molecule has 2 bridgehead atoms. The minimum Gasteiger partial charge on any atom is -0.375 e. The molecule has 17 heavy (non-hydrogen) atoms. The van der Waals surface area contributed by atoms with Crippen molar-refractivity contribution in [2.45, 2.75) is 57.3 Å². The van der Waals surface area contributed by atoms with Crippen LogP contribution in [-0.2, 0) is 9.47 Å². The Labute approximate surface area is 104 Å². The standard InChI is InChI=1S/C14H25NO2/c1-14(2)9-15-7-12(17-14)8-16-13-6-10-3-4-11(13)5-10/h10-13,15H,3-9H2,1-2H3. The SMILES string of the molecule is CC1(C)CNCC(COC2CC3CCC2C3)O1. The molecule has 98 valence electrons. The summed E-state index contributed by atoms with van der Waals surface area (Å²) >= 11 is 0. The Balaban J connectivity index is 1.45. The molecular weight excluding hydrogens is 214 g/mol. The lowest BCUT2D eigenvalue weighted by molar-refractivity contribution is -0.133. The summed E-state index contributed by atoms with van der Waals surface area (Å²) in [6, 6.07) is 0. The van der Waals surface area contributed by atoms with E-state index in [0.29, 0.717) is 6.10 Å². The molecule has 1 aliphatic heterocycles. The van der Waals surface area contributed by atoms with Crippen molar-refractivity contribution in [1.29, 1.82) is 0 Å². The quantitative estimate of drug-likeness (QED) is 0.816. The van der Waals surface area contributed by atoms with E-state index >= 15 is 0 Å². The Morgan fingerprint density at radius 1 is 1.29 bits per heavy atom. The van der Waals surface area contributed by atoms with E-state index in [1.54, 1.807) is 0 Å². The van der Waals surface area contributed by atoms with Gasteiger partial charge in [-0.05, 0) is 51.4 Å². The summed E-state index contributed by atoms with van der Waals surface area (Å²) in [5.74, 6) is 1.82. The van der Waals surface area contributed by atoms with Crippen LogP contribution >= 0.6 is 0 Å². The third kappa shape index (κ3) is 2.67. The van der Waals surface area contributed by atoms with Gasteiger partial charge in [-0.2, -0.15) is 0 Å². The van der Waals surface area contributed by atoms with Crippen LogP contribution in [0.3, 0.4) is 0 Å². The molecule has 3 aliphatic rings. The Bertz CT molecular complexity index is 279. The second-order valence-electron chi connectivity index (χ2n) is 6.68. The van der Waals surface area contributed by atoms with E-state index in [2.05, 4.69) is 19.2 Å². The van der Waals surface area contributed by atoms with Crippen molar-refractivity contribution in [3.05, 3.63) is 0 Å². The zero-order chi connectivity index (χ0) is 11.9. The maximum Gasteiger partial charge on any atom is 0.0940 e. The van der Waals surface area contributed by atoms with Gasteiger partial charge in [0.05, 0.1) is 24.4 Å². The minimum atomic E-state index is -0.0407. The van der Waals surface area contributed by atoms with Crippen LogP contribution in [0.25, 0.3) is 0 Å². The molecule has 2 saturated carbocycles. The van der Waals surface area contributed by atoms with Gasteiger partial charge >= 0.3 is 0 Å². The summed E-state index contributed by atoms with van der Waals surface area (Å²) in [5, 5.41) is 3.43. The van der Waals surface area contributed by atoms with E-state index in [1.807, 2.05) is 0 Å². The van der Waals surface area contributed by atoms with Crippen LogP contribution in [0.15, 0.2) is 0 Å². The van der Waals surface area contributed by atoms with Crippen molar-refractivity contribution >= 4 is 0 Å². The van der Waals surface area contributed by atoms with Gasteiger partial charge in [0.15, 0.2) is 0 Å². The fourth-order valence-corrected chi connectivity index (χ4v) is 3.78. The average molecular weight is 239 g/mol. The molecule has 0 aromatic rings. The molecule has 0 radical (unpaired) electrons. The average Bonchev–Trinajstić information content (AvgIpc) is 2.86. The molecule has 3 nitrogen and oxygen atoms in total. The lowest BCUT2D eigenvalue weighted by atomic mass is 9.98. The van der Waals surface area contributed by atoms with Crippen LogP contribution in [0, 0.1) is 11.8 Å². The molecule has 1 heterocycles. The van der Waals surface area contributed by atoms with Gasteiger partial charge < -0.3 is 14.8 Å². The van der Waals surface area contributed by atoms with Gasteiger partial charge in [0.25, 0.3) is 0 Å². The number of ether oxygens (including phenoxy) is 2. The van der Waals surface area contributed by atoms with E-state index in [0.717, 1.165) is 31.5 Å². The summed E-state index contributed by atoms with van der Waals surface area (Å²) in [5.41, 5.74) is -0.0407. The second-order valence-corrected chi connectivity index (χ2v) is 6.68. The second kappa shape index (κ2) is 4.52. The zero-order valence-electron chi connectivity index (χ0n) is 11.1. The molecule has 3 fully saturated rings. The Morgan fingerprint density at radius 3 is 2.82 bits per heavy atom. The van der Waals surface area contributed by atoms with Gasteiger partial charge in [-0.25, -0.2) is 0 Å². The van der Waals surface area contributed by atoms with Crippen LogP contribution in [0.2, 0.25) is 0 Å². The van der Waals surface area contributed by atoms with Gasteiger partial charge in [-0.3, -0.25) is 0 Å². The highest BCUT2D eigenvalue weighted by Gasteiger charge is 2.40. The first-order valence-corrected chi connectivity index (χ1v) is 7.12. The lowest BCUT2D eigenvalue weighted by Gasteiger charge is -2.37. The Hall–Kier alpha value is -0.120. The molecule has 1 saturated heterocycles. The Kier molecular flexibility index (Phi) is 3.18. The number of hydrogen-bond acceptors (Lipinski definition) is 3. The number of fused-ring (bicyclic) bond motifs is 2. The van der Waals surface area contributed by atoms with E-state index in [1.165, 1.54) is 25.7 Å². The van der Waals surface area contributed by atoms with Gasteiger partial charge in [-0.15, -0.1) is 0 Å². The van der Waals surface area contributed by atoms with E-state index < -0.39 is 0 Å². The van der Waals surface area contributed by atoms with Crippen molar-refractivity contribution in [2.24, 2.45) is 11.8 Å². The highest BCUT2D eigenvalue weighted by Crippen LogP contribution is 2.45. The van der Waals surface area contributed by atoms with Crippen molar-refractivity contribution in [3.63, 3.8) is 0 Å². The number of nitrogens with one attached hydrogen (secondary N) is 1. The van der Waals surface area contributed by atoms with Gasteiger partial charge in [0, 0.05) is 13.1 Å². The smallest absolute Gasteiger partial charge is 0.0940 e. The zero-order valence-corrected chi connectivity index (χ0v) is 11.1. The molecular formula is C14H25NO2. The van der Waals surface area contributed by atoms with Crippen LogP contribution in [0.5, 0.6) is 0 Å². The maximum atomic E-state index is 6.10. The van der Waals surface area contributed by atoms with Crippen LogP contribution < -0.4 is 5.32 Å². The summed E-state index contributed by atoms with van der Waals surface area (Å²) in [6.07, 6.45) is 6.32. The van der Waals surface area contributed by atoms with Gasteiger partial charge in [-0.1, -0.05) is 0 Å². The molecule has 4 atom stereocenters. The molecule has 2 aliphatic carbocycles. The third-order valence-corrected chi connectivity index (χ3v) is 4.58. The molecule has 1 N–H and O–H groups in total. The summed E-state index contributed by atoms with van der Waals surface area (Å²) in [4.78, 5) is 0. The first kappa shape index (κ1) is 11.9. The molecule has 3 heteroatoms. The predicted molar refractivity (Wildman–Crippen MR) is 67.0 cm³/mol. The molecule has 0 aromatic carbocycles. The highest BCUT2D eigenvalue weighted by atomic mass is 16.6. The summed E-state index contributed by atoms with van der Waals surface area (Å²) in [6.45, 7) is 6.93. The maximum absolute atomic E-state index is 6.10. The monoisotopic (exact) mass is 239 g/mol. The van der Waals surface area contributed by atoms with Gasteiger partial charge in [0.2, 0.25) is 0 Å². The minimum absolute atomic E-state index is 0.0407. The van der Waals surface area contributed by atoms with Crippen LogP contribution in [0.1, 0.15) is 39.5 Å². The molecule has 0 spiro atoms. The lowest BCUT2D eigenvalue weighted by Crippen LogP contribution is -2.52. The van der Waals surface area contributed by atoms with E-state index in [9.17, 15) is 0 Å². The molecule has 0 aromatic heterocycles. The van der Waals surface area contributed by atoms with E-state index in [-0.39, 0.29) is 11.7 Å².